The van der Waals surface area contributed by atoms with Gasteiger partial charge in [0.25, 0.3) is 0 Å². The highest BCUT2D eigenvalue weighted by atomic mass is 16.5. The van der Waals surface area contributed by atoms with E-state index < -0.39 is 0 Å². The van der Waals surface area contributed by atoms with Crippen LogP contribution >= 0.6 is 0 Å². The molecule has 2 amide bonds. The Labute approximate surface area is 186 Å². The molecule has 0 radical (unpaired) electrons. The van der Waals surface area contributed by atoms with E-state index >= 15 is 0 Å². The number of piperazine rings is 1. The van der Waals surface area contributed by atoms with Gasteiger partial charge in [0.1, 0.15) is 0 Å². The SMILES string of the molecule is COc1ccc(NC(=O)N2CCN(c3ccc(Nc4cccnc4)nn3)CC2)cc1OC. The van der Waals surface area contributed by atoms with Crippen molar-refractivity contribution >= 4 is 29.0 Å². The van der Waals surface area contributed by atoms with Gasteiger partial charge in [-0.15, -0.1) is 10.2 Å². The van der Waals surface area contributed by atoms with Crippen molar-refractivity contribution in [2.24, 2.45) is 0 Å². The van der Waals surface area contributed by atoms with Crippen LogP contribution in [0, 0.1) is 0 Å². The summed E-state index contributed by atoms with van der Waals surface area (Å²) in [6, 6.07) is 12.7. The van der Waals surface area contributed by atoms with E-state index in [1.165, 1.54) is 0 Å². The van der Waals surface area contributed by atoms with Crippen LogP contribution in [0.15, 0.2) is 54.9 Å². The smallest absolute Gasteiger partial charge is 0.321 e. The summed E-state index contributed by atoms with van der Waals surface area (Å²) < 4.78 is 10.5. The average Bonchev–Trinajstić information content (AvgIpc) is 2.85. The van der Waals surface area contributed by atoms with Gasteiger partial charge in [0, 0.05) is 44.1 Å². The van der Waals surface area contributed by atoms with Crippen LogP contribution in [0.1, 0.15) is 0 Å². The Bertz CT molecular complexity index is 1040. The maximum atomic E-state index is 12.7. The largest absolute Gasteiger partial charge is 0.493 e. The number of pyridine rings is 1. The zero-order valence-corrected chi connectivity index (χ0v) is 18.0. The van der Waals surface area contributed by atoms with Gasteiger partial charge in [0.05, 0.1) is 26.1 Å². The van der Waals surface area contributed by atoms with E-state index in [4.69, 9.17) is 9.47 Å². The summed E-state index contributed by atoms with van der Waals surface area (Å²) in [5, 5.41) is 14.6. The van der Waals surface area contributed by atoms with Gasteiger partial charge in [-0.2, -0.15) is 0 Å². The van der Waals surface area contributed by atoms with Crippen molar-refractivity contribution in [3.63, 3.8) is 0 Å². The van der Waals surface area contributed by atoms with E-state index in [2.05, 4.69) is 30.7 Å². The number of hydrogen-bond acceptors (Lipinski definition) is 8. The monoisotopic (exact) mass is 435 g/mol. The van der Waals surface area contributed by atoms with E-state index in [1.807, 2.05) is 24.3 Å². The minimum Gasteiger partial charge on any atom is -0.493 e. The first-order chi connectivity index (χ1) is 15.7. The molecule has 0 atom stereocenters. The van der Waals surface area contributed by atoms with Gasteiger partial charge < -0.3 is 29.9 Å². The van der Waals surface area contributed by atoms with E-state index in [0.717, 1.165) is 11.5 Å². The zero-order valence-electron chi connectivity index (χ0n) is 18.0. The fourth-order valence-corrected chi connectivity index (χ4v) is 3.40. The highest BCUT2D eigenvalue weighted by Crippen LogP contribution is 2.30. The van der Waals surface area contributed by atoms with Crippen molar-refractivity contribution in [1.29, 1.82) is 0 Å². The maximum absolute atomic E-state index is 12.7. The molecule has 0 unspecified atom stereocenters. The zero-order chi connectivity index (χ0) is 22.3. The molecule has 2 N–H and O–H groups in total. The second kappa shape index (κ2) is 9.82. The average molecular weight is 435 g/mol. The van der Waals surface area contributed by atoms with Crippen molar-refractivity contribution in [2.75, 3.05) is 55.9 Å². The quantitative estimate of drug-likeness (QED) is 0.609. The highest BCUT2D eigenvalue weighted by molar-refractivity contribution is 5.90. The normalized spacial score (nSPS) is 13.4. The lowest BCUT2D eigenvalue weighted by atomic mass is 10.2. The number of hydrogen-bond donors (Lipinski definition) is 2. The minimum absolute atomic E-state index is 0.154. The number of aromatic nitrogens is 3. The summed E-state index contributed by atoms with van der Waals surface area (Å²) in [6.07, 6.45) is 3.44. The second-order valence-electron chi connectivity index (χ2n) is 7.12. The standard InChI is InChI=1S/C22H25N7O3/c1-31-18-6-5-16(14-19(18)32-2)25-22(30)29-12-10-28(11-13-29)21-8-7-20(26-27-21)24-17-4-3-9-23-15-17/h3-9,14-15H,10-13H2,1-2H3,(H,24,26)(H,25,30). The Morgan fingerprint density at radius 2 is 1.75 bits per heavy atom. The number of amides is 2. The molecule has 10 nitrogen and oxygen atoms in total. The van der Waals surface area contributed by atoms with Crippen LogP contribution in [-0.4, -0.2) is 66.5 Å². The number of anilines is 4. The molecule has 1 fully saturated rings. The van der Waals surface area contributed by atoms with E-state index in [0.29, 0.717) is 49.2 Å². The third-order valence-electron chi connectivity index (χ3n) is 5.11. The van der Waals surface area contributed by atoms with Crippen LogP contribution in [0.25, 0.3) is 0 Å². The lowest BCUT2D eigenvalue weighted by molar-refractivity contribution is 0.208. The third-order valence-corrected chi connectivity index (χ3v) is 5.11. The second-order valence-corrected chi connectivity index (χ2v) is 7.12. The summed E-state index contributed by atoms with van der Waals surface area (Å²) in [6.45, 7) is 2.50. The van der Waals surface area contributed by atoms with Crippen molar-refractivity contribution in [3.05, 3.63) is 54.9 Å². The summed E-state index contributed by atoms with van der Waals surface area (Å²) >= 11 is 0. The van der Waals surface area contributed by atoms with Gasteiger partial charge in [0.2, 0.25) is 0 Å². The first kappa shape index (κ1) is 21.2. The number of nitrogens with zero attached hydrogens (tertiary/aromatic N) is 5. The van der Waals surface area contributed by atoms with Crippen molar-refractivity contribution in [1.82, 2.24) is 20.1 Å². The van der Waals surface area contributed by atoms with E-state index in [1.54, 1.807) is 49.7 Å². The highest BCUT2D eigenvalue weighted by Gasteiger charge is 2.22. The summed E-state index contributed by atoms with van der Waals surface area (Å²) in [5.41, 5.74) is 1.50. The predicted octanol–water partition coefficient (Wildman–Crippen LogP) is 2.99. The van der Waals surface area contributed by atoms with Crippen LogP contribution in [0.4, 0.5) is 27.8 Å². The number of rotatable bonds is 6. The molecule has 3 aromatic rings. The van der Waals surface area contributed by atoms with E-state index in [-0.39, 0.29) is 6.03 Å². The number of urea groups is 1. The number of ether oxygens (including phenoxy) is 2. The molecule has 166 valence electrons. The topological polar surface area (TPSA) is 105 Å². The van der Waals surface area contributed by atoms with Gasteiger partial charge in [-0.05, 0) is 36.4 Å². The van der Waals surface area contributed by atoms with Crippen molar-refractivity contribution in [3.8, 4) is 11.5 Å². The predicted molar refractivity (Wildman–Crippen MR) is 122 cm³/mol. The van der Waals surface area contributed by atoms with E-state index in [9.17, 15) is 4.79 Å². The van der Waals surface area contributed by atoms with Gasteiger partial charge in [0.15, 0.2) is 23.1 Å². The summed E-state index contributed by atoms with van der Waals surface area (Å²) in [4.78, 5) is 20.6. The number of carbonyl (C=O) groups is 1. The Balaban J connectivity index is 1.30. The molecule has 32 heavy (non-hydrogen) atoms. The lowest BCUT2D eigenvalue weighted by Crippen LogP contribution is -2.50. The van der Waals surface area contributed by atoms with Crippen LogP contribution in [0.5, 0.6) is 11.5 Å². The molecule has 2 aromatic heterocycles. The fourth-order valence-electron chi connectivity index (χ4n) is 3.40. The molecule has 10 heteroatoms. The molecule has 0 saturated carbocycles. The third kappa shape index (κ3) is 4.97. The number of carbonyl (C=O) groups excluding carboxylic acids is 1. The minimum atomic E-state index is -0.154. The molecular formula is C22H25N7O3. The molecule has 1 aromatic carbocycles. The number of benzene rings is 1. The first-order valence-corrected chi connectivity index (χ1v) is 10.2. The Morgan fingerprint density at radius 1 is 0.938 bits per heavy atom. The molecule has 0 bridgehead atoms. The molecule has 3 heterocycles. The van der Waals surface area contributed by atoms with Crippen molar-refractivity contribution in [2.45, 2.75) is 0 Å². The number of nitrogens with one attached hydrogen (secondary N) is 2. The Kier molecular flexibility index (Phi) is 6.49. The summed E-state index contributed by atoms with van der Waals surface area (Å²) in [5.74, 6) is 2.61. The van der Waals surface area contributed by atoms with Crippen LogP contribution < -0.4 is 25.0 Å². The van der Waals surface area contributed by atoms with Crippen molar-refractivity contribution < 1.29 is 14.3 Å². The molecule has 1 aliphatic heterocycles. The summed E-state index contributed by atoms with van der Waals surface area (Å²) in [7, 11) is 3.14. The molecule has 1 aliphatic rings. The van der Waals surface area contributed by atoms with Gasteiger partial charge in [-0.3, -0.25) is 4.98 Å². The maximum Gasteiger partial charge on any atom is 0.321 e. The van der Waals surface area contributed by atoms with Gasteiger partial charge in [-0.1, -0.05) is 0 Å². The van der Waals surface area contributed by atoms with Gasteiger partial charge >= 0.3 is 6.03 Å². The Morgan fingerprint density at radius 3 is 2.41 bits per heavy atom. The molecular weight excluding hydrogens is 410 g/mol. The molecule has 0 aliphatic carbocycles. The molecule has 4 rings (SSSR count). The first-order valence-electron chi connectivity index (χ1n) is 10.2. The lowest BCUT2D eigenvalue weighted by Gasteiger charge is -2.35. The van der Waals surface area contributed by atoms with Crippen LogP contribution in [0.3, 0.4) is 0 Å². The Hall–Kier alpha value is -4.08. The number of methoxy groups -OCH3 is 2. The molecule has 0 spiro atoms. The van der Waals surface area contributed by atoms with Gasteiger partial charge in [-0.25, -0.2) is 4.79 Å². The molecule has 1 saturated heterocycles. The van der Waals surface area contributed by atoms with Crippen LogP contribution in [0.2, 0.25) is 0 Å². The fraction of sp³-hybridized carbons (Fsp3) is 0.273. The van der Waals surface area contributed by atoms with Crippen LogP contribution in [-0.2, 0) is 0 Å².